The van der Waals surface area contributed by atoms with E-state index in [4.69, 9.17) is 23.2 Å². The second-order valence-corrected chi connectivity index (χ2v) is 4.40. The van der Waals surface area contributed by atoms with Gasteiger partial charge in [0.15, 0.2) is 5.69 Å². The van der Waals surface area contributed by atoms with Gasteiger partial charge in [0.1, 0.15) is 6.33 Å². The molecule has 2 heterocycles. The Hall–Kier alpha value is -1.24. The molecule has 0 unspecified atom stereocenters. The first kappa shape index (κ1) is 11.3. The van der Waals surface area contributed by atoms with Crippen molar-refractivity contribution in [2.75, 3.05) is 0 Å². The second kappa shape index (κ2) is 4.32. The lowest BCUT2D eigenvalue weighted by molar-refractivity contribution is -0.384. The number of thiophene rings is 1. The van der Waals surface area contributed by atoms with E-state index in [1.807, 2.05) is 0 Å². The Balaban J connectivity index is 2.70. The lowest BCUT2D eigenvalue weighted by Crippen LogP contribution is -1.96. The van der Waals surface area contributed by atoms with Gasteiger partial charge in [-0.05, 0) is 11.4 Å². The predicted molar refractivity (Wildman–Crippen MR) is 62.0 cm³/mol. The van der Waals surface area contributed by atoms with Crippen molar-refractivity contribution in [2.24, 2.45) is 0 Å². The third kappa shape index (κ3) is 1.87. The van der Waals surface area contributed by atoms with Crippen molar-refractivity contribution in [1.82, 2.24) is 9.97 Å². The maximum absolute atomic E-state index is 10.9. The first-order valence-corrected chi connectivity index (χ1v) is 5.63. The molecular formula is C8H3Cl2N3O2S. The summed E-state index contributed by atoms with van der Waals surface area (Å²) in [5.74, 6) is 0. The largest absolute Gasteiger partial charge is 0.333 e. The summed E-state index contributed by atoms with van der Waals surface area (Å²) >= 11 is 12.8. The van der Waals surface area contributed by atoms with Crippen LogP contribution < -0.4 is 0 Å². The molecule has 0 spiro atoms. The normalized spacial score (nSPS) is 10.4. The van der Waals surface area contributed by atoms with Crippen molar-refractivity contribution in [3.8, 4) is 10.6 Å². The lowest BCUT2D eigenvalue weighted by atomic mass is 10.3. The van der Waals surface area contributed by atoms with Crippen LogP contribution in [0.1, 0.15) is 0 Å². The highest BCUT2D eigenvalue weighted by Gasteiger charge is 2.24. The number of hydrogen-bond acceptors (Lipinski definition) is 5. The van der Waals surface area contributed by atoms with Gasteiger partial charge in [0.2, 0.25) is 5.15 Å². The minimum absolute atomic E-state index is 0.144. The fourth-order valence-electron chi connectivity index (χ4n) is 1.15. The number of hydrogen-bond donors (Lipinski definition) is 0. The van der Waals surface area contributed by atoms with Crippen molar-refractivity contribution in [1.29, 1.82) is 0 Å². The highest BCUT2D eigenvalue weighted by atomic mass is 35.5. The van der Waals surface area contributed by atoms with Crippen molar-refractivity contribution in [3.63, 3.8) is 0 Å². The second-order valence-electron chi connectivity index (χ2n) is 2.72. The van der Waals surface area contributed by atoms with Crippen molar-refractivity contribution in [3.05, 3.63) is 38.1 Å². The topological polar surface area (TPSA) is 68.9 Å². The van der Waals surface area contributed by atoms with E-state index >= 15 is 0 Å². The van der Waals surface area contributed by atoms with Crippen LogP contribution in [0, 0.1) is 10.1 Å². The molecule has 0 saturated carbocycles. The molecule has 0 saturated heterocycles. The van der Waals surface area contributed by atoms with Crippen LogP contribution in [-0.4, -0.2) is 14.9 Å². The molecule has 0 radical (unpaired) electrons. The fraction of sp³-hybridized carbons (Fsp3) is 0. The molecule has 0 aliphatic heterocycles. The number of rotatable bonds is 2. The third-order valence-corrected chi connectivity index (χ3v) is 3.42. The average Bonchev–Trinajstić information content (AvgIpc) is 2.63. The summed E-state index contributed by atoms with van der Waals surface area (Å²) in [4.78, 5) is 18.2. The zero-order valence-corrected chi connectivity index (χ0v) is 9.88. The van der Waals surface area contributed by atoms with Gasteiger partial charge < -0.3 is 0 Å². The molecule has 2 aromatic heterocycles. The Kier molecular flexibility index (Phi) is 3.04. The standard InChI is InChI=1S/C8H3Cl2N3O2S/c9-4-1-2-16-7(4)5-6(13(14)15)8(10)12-3-11-5/h1-3H. The van der Waals surface area contributed by atoms with Gasteiger partial charge in [-0.15, -0.1) is 11.3 Å². The Morgan fingerprint density at radius 3 is 2.69 bits per heavy atom. The van der Waals surface area contributed by atoms with E-state index in [-0.39, 0.29) is 16.5 Å². The molecule has 0 bridgehead atoms. The van der Waals surface area contributed by atoms with Crippen LogP contribution in [0.2, 0.25) is 10.2 Å². The maximum Gasteiger partial charge on any atom is 0.333 e. The zero-order chi connectivity index (χ0) is 11.7. The predicted octanol–water partition coefficient (Wildman–Crippen LogP) is 3.42. The van der Waals surface area contributed by atoms with Gasteiger partial charge in [-0.1, -0.05) is 23.2 Å². The summed E-state index contributed by atoms with van der Waals surface area (Å²) in [5, 5.41) is 12.8. The molecule has 0 amide bonds. The van der Waals surface area contributed by atoms with Crippen LogP contribution in [0.3, 0.4) is 0 Å². The molecule has 0 fully saturated rings. The first-order chi connectivity index (χ1) is 7.61. The van der Waals surface area contributed by atoms with Crippen LogP contribution in [0.5, 0.6) is 0 Å². The van der Waals surface area contributed by atoms with E-state index in [9.17, 15) is 10.1 Å². The summed E-state index contributed by atoms with van der Waals surface area (Å²) in [6.45, 7) is 0. The van der Waals surface area contributed by atoms with Crippen LogP contribution in [0.4, 0.5) is 5.69 Å². The Morgan fingerprint density at radius 2 is 2.12 bits per heavy atom. The number of aromatic nitrogens is 2. The minimum Gasteiger partial charge on any atom is -0.258 e. The van der Waals surface area contributed by atoms with Gasteiger partial charge in [0.05, 0.1) is 14.8 Å². The van der Waals surface area contributed by atoms with Crippen LogP contribution in [0.15, 0.2) is 17.8 Å². The smallest absolute Gasteiger partial charge is 0.258 e. The monoisotopic (exact) mass is 275 g/mol. The van der Waals surface area contributed by atoms with E-state index in [0.717, 1.165) is 0 Å². The minimum atomic E-state index is -0.617. The van der Waals surface area contributed by atoms with Crippen molar-refractivity contribution >= 4 is 40.2 Å². The number of nitrogens with zero attached hydrogens (tertiary/aromatic N) is 3. The molecule has 0 atom stereocenters. The molecule has 0 aliphatic rings. The van der Waals surface area contributed by atoms with Crippen molar-refractivity contribution in [2.45, 2.75) is 0 Å². The summed E-state index contributed by atoms with van der Waals surface area (Å²) in [5.41, 5.74) is -0.182. The number of nitro groups is 1. The zero-order valence-electron chi connectivity index (χ0n) is 7.55. The SMILES string of the molecule is O=[N+]([O-])c1c(Cl)ncnc1-c1sccc1Cl. The highest BCUT2D eigenvalue weighted by Crippen LogP contribution is 2.39. The van der Waals surface area contributed by atoms with Crippen molar-refractivity contribution < 1.29 is 4.92 Å². The molecule has 82 valence electrons. The Bertz CT molecular complexity index is 558. The number of halogens is 2. The van der Waals surface area contributed by atoms with Gasteiger partial charge in [-0.2, -0.15) is 0 Å². The molecule has 0 aromatic carbocycles. The van der Waals surface area contributed by atoms with Gasteiger partial charge in [0, 0.05) is 0 Å². The van der Waals surface area contributed by atoms with Gasteiger partial charge >= 0.3 is 5.69 Å². The molecule has 16 heavy (non-hydrogen) atoms. The van der Waals surface area contributed by atoms with Gasteiger partial charge in [0.25, 0.3) is 0 Å². The maximum atomic E-state index is 10.9. The Labute approximate surface area is 104 Å². The van der Waals surface area contributed by atoms with Gasteiger partial charge in [-0.3, -0.25) is 10.1 Å². The van der Waals surface area contributed by atoms with Crippen LogP contribution >= 0.6 is 34.5 Å². The molecule has 0 aliphatic carbocycles. The van der Waals surface area contributed by atoms with Gasteiger partial charge in [-0.25, -0.2) is 9.97 Å². The summed E-state index contributed by atoms with van der Waals surface area (Å²) < 4.78 is 0. The third-order valence-electron chi connectivity index (χ3n) is 1.79. The van der Waals surface area contributed by atoms with Crippen LogP contribution in [-0.2, 0) is 0 Å². The van der Waals surface area contributed by atoms with Crippen LogP contribution in [0.25, 0.3) is 10.6 Å². The van der Waals surface area contributed by atoms with E-state index in [1.165, 1.54) is 17.7 Å². The van der Waals surface area contributed by atoms with E-state index in [0.29, 0.717) is 9.90 Å². The van der Waals surface area contributed by atoms with E-state index in [1.54, 1.807) is 11.4 Å². The highest BCUT2D eigenvalue weighted by molar-refractivity contribution is 7.14. The molecular weight excluding hydrogens is 273 g/mol. The fourth-order valence-corrected chi connectivity index (χ4v) is 2.49. The van der Waals surface area contributed by atoms with E-state index in [2.05, 4.69) is 9.97 Å². The summed E-state index contributed by atoms with van der Waals surface area (Å²) in [6, 6.07) is 1.64. The first-order valence-electron chi connectivity index (χ1n) is 3.99. The average molecular weight is 276 g/mol. The molecule has 5 nitrogen and oxygen atoms in total. The summed E-state index contributed by atoms with van der Waals surface area (Å²) in [6.07, 6.45) is 1.17. The molecule has 8 heteroatoms. The Morgan fingerprint density at radius 1 is 1.38 bits per heavy atom. The molecule has 2 rings (SSSR count). The quantitative estimate of drug-likeness (QED) is 0.478. The summed E-state index contributed by atoms with van der Waals surface area (Å²) in [7, 11) is 0. The van der Waals surface area contributed by atoms with E-state index < -0.39 is 4.92 Å². The lowest BCUT2D eigenvalue weighted by Gasteiger charge is -2.00. The molecule has 2 aromatic rings. The molecule has 0 N–H and O–H groups in total.